The van der Waals surface area contributed by atoms with E-state index >= 15 is 0 Å². The van der Waals surface area contributed by atoms with Crippen molar-refractivity contribution in [3.8, 4) is 5.88 Å². The first-order valence-electron chi connectivity index (χ1n) is 9.49. The number of hydrogen-bond acceptors (Lipinski definition) is 6. The van der Waals surface area contributed by atoms with E-state index < -0.39 is 33.3 Å². The zero-order chi connectivity index (χ0) is 21.2. The Morgan fingerprint density at radius 2 is 2.00 bits per heavy atom. The Bertz CT molecular complexity index is 869. The zero-order valence-corrected chi connectivity index (χ0v) is 17.9. The van der Waals surface area contributed by atoms with Crippen LogP contribution in [0.3, 0.4) is 0 Å². The highest BCUT2D eigenvalue weighted by Crippen LogP contribution is 2.26. The average molecular weight is 445 g/mol. The Morgan fingerprint density at radius 1 is 1.31 bits per heavy atom. The van der Waals surface area contributed by atoms with Gasteiger partial charge in [0.2, 0.25) is 15.9 Å². The molecule has 1 aromatic rings. The molecule has 1 aromatic heterocycles. The van der Waals surface area contributed by atoms with E-state index in [2.05, 4.69) is 15.6 Å². The van der Waals surface area contributed by atoms with Gasteiger partial charge in [0.15, 0.2) is 0 Å². The number of sulfonamides is 1. The summed E-state index contributed by atoms with van der Waals surface area (Å²) in [6, 6.07) is 2.69. The third kappa shape index (κ3) is 5.18. The molecule has 160 valence electrons. The van der Waals surface area contributed by atoms with Crippen LogP contribution in [0.2, 0.25) is 5.02 Å². The molecule has 0 radical (unpaired) electrons. The van der Waals surface area contributed by atoms with E-state index in [0.29, 0.717) is 23.7 Å². The standard InChI is InChI=1S/C18H25ClN4O5S/c1-12(2)9-18(16(24)21-17(25)22-18)11-29(26,27)23-7-5-14(6-8-23)28-15-4-3-13(19)10-20-15/h3-4,10,12,14H,5-9,11H2,1-2H3,(H2,21,22,24,25). The second-order valence-electron chi connectivity index (χ2n) is 7.88. The number of ether oxygens (including phenoxy) is 1. The number of imide groups is 1. The highest BCUT2D eigenvalue weighted by molar-refractivity contribution is 7.89. The minimum atomic E-state index is -3.76. The molecule has 2 N–H and O–H groups in total. The van der Waals surface area contributed by atoms with Gasteiger partial charge in [-0.25, -0.2) is 22.5 Å². The van der Waals surface area contributed by atoms with Crippen molar-refractivity contribution in [3.63, 3.8) is 0 Å². The molecule has 3 amide bonds. The summed E-state index contributed by atoms with van der Waals surface area (Å²) in [5.41, 5.74) is -1.44. The highest BCUT2D eigenvalue weighted by atomic mass is 35.5. The van der Waals surface area contributed by atoms with E-state index in [4.69, 9.17) is 16.3 Å². The van der Waals surface area contributed by atoms with E-state index in [9.17, 15) is 18.0 Å². The van der Waals surface area contributed by atoms with Gasteiger partial charge in [0.1, 0.15) is 11.6 Å². The van der Waals surface area contributed by atoms with Crippen LogP contribution in [0.25, 0.3) is 0 Å². The van der Waals surface area contributed by atoms with Crippen LogP contribution in [0, 0.1) is 5.92 Å². The molecular weight excluding hydrogens is 420 g/mol. The normalized spacial score (nSPS) is 23.9. The number of halogens is 1. The number of carbonyl (C=O) groups excluding carboxylic acids is 2. The summed E-state index contributed by atoms with van der Waals surface area (Å²) in [6.07, 6.45) is 2.57. The van der Waals surface area contributed by atoms with Crippen molar-refractivity contribution in [2.24, 2.45) is 5.92 Å². The molecule has 3 heterocycles. The van der Waals surface area contributed by atoms with Crippen molar-refractivity contribution in [1.29, 1.82) is 0 Å². The number of carbonyl (C=O) groups is 2. The molecule has 2 saturated heterocycles. The summed E-state index contributed by atoms with van der Waals surface area (Å²) >= 11 is 5.81. The Hall–Kier alpha value is -1.91. The summed E-state index contributed by atoms with van der Waals surface area (Å²) in [6.45, 7) is 4.29. The summed E-state index contributed by atoms with van der Waals surface area (Å²) in [5, 5.41) is 5.22. The quantitative estimate of drug-likeness (QED) is 0.616. The molecular formula is C18H25ClN4O5S. The van der Waals surface area contributed by atoms with E-state index in [0.717, 1.165) is 0 Å². The third-order valence-electron chi connectivity index (χ3n) is 4.98. The van der Waals surface area contributed by atoms with Gasteiger partial charge in [-0.15, -0.1) is 0 Å². The molecule has 2 fully saturated rings. The molecule has 0 spiro atoms. The van der Waals surface area contributed by atoms with Crippen LogP contribution in [-0.2, 0) is 14.8 Å². The van der Waals surface area contributed by atoms with Gasteiger partial charge in [0.05, 0.1) is 10.8 Å². The first-order chi connectivity index (χ1) is 13.6. The Kier molecular flexibility index (Phi) is 6.35. The van der Waals surface area contributed by atoms with Crippen LogP contribution in [0.5, 0.6) is 5.88 Å². The number of amides is 3. The molecule has 2 aliphatic heterocycles. The van der Waals surface area contributed by atoms with Crippen LogP contribution >= 0.6 is 11.6 Å². The van der Waals surface area contributed by atoms with Gasteiger partial charge in [-0.3, -0.25) is 10.1 Å². The average Bonchev–Trinajstić information content (AvgIpc) is 2.89. The van der Waals surface area contributed by atoms with Gasteiger partial charge in [0, 0.05) is 25.4 Å². The lowest BCUT2D eigenvalue weighted by Gasteiger charge is -2.34. The maximum Gasteiger partial charge on any atom is 0.322 e. The number of rotatable bonds is 7. The Morgan fingerprint density at radius 3 is 2.52 bits per heavy atom. The summed E-state index contributed by atoms with van der Waals surface area (Å²) < 4.78 is 33.2. The Labute approximate surface area is 175 Å². The monoisotopic (exact) mass is 444 g/mol. The molecule has 0 saturated carbocycles. The molecule has 3 rings (SSSR count). The van der Waals surface area contributed by atoms with Crippen molar-refractivity contribution in [1.82, 2.24) is 19.9 Å². The molecule has 0 bridgehead atoms. The minimum absolute atomic E-state index is 0.0281. The van der Waals surface area contributed by atoms with Gasteiger partial charge >= 0.3 is 6.03 Å². The largest absolute Gasteiger partial charge is 0.474 e. The second kappa shape index (κ2) is 8.45. The number of aromatic nitrogens is 1. The smallest absolute Gasteiger partial charge is 0.322 e. The fourth-order valence-corrected chi connectivity index (χ4v) is 5.77. The fraction of sp³-hybridized carbons (Fsp3) is 0.611. The van der Waals surface area contributed by atoms with E-state index in [1.165, 1.54) is 10.5 Å². The van der Waals surface area contributed by atoms with Gasteiger partial charge in [0.25, 0.3) is 5.91 Å². The molecule has 1 unspecified atom stereocenters. The van der Waals surface area contributed by atoms with Gasteiger partial charge in [-0.05, 0) is 31.2 Å². The van der Waals surface area contributed by atoms with Crippen molar-refractivity contribution in [2.75, 3.05) is 18.8 Å². The lowest BCUT2D eigenvalue weighted by atomic mass is 9.91. The molecule has 2 aliphatic rings. The number of piperidine rings is 1. The lowest BCUT2D eigenvalue weighted by molar-refractivity contribution is -0.123. The molecule has 0 aromatic carbocycles. The molecule has 9 nitrogen and oxygen atoms in total. The van der Waals surface area contributed by atoms with Crippen molar-refractivity contribution in [3.05, 3.63) is 23.4 Å². The highest BCUT2D eigenvalue weighted by Gasteiger charge is 2.50. The molecule has 0 aliphatic carbocycles. The number of urea groups is 1. The maximum absolute atomic E-state index is 13.0. The van der Waals surface area contributed by atoms with E-state index in [1.54, 1.807) is 12.1 Å². The van der Waals surface area contributed by atoms with Crippen LogP contribution in [-0.4, -0.2) is 60.1 Å². The first-order valence-corrected chi connectivity index (χ1v) is 11.5. The molecule has 1 atom stereocenters. The van der Waals surface area contributed by atoms with E-state index in [1.807, 2.05) is 13.8 Å². The number of nitrogens with one attached hydrogen (secondary N) is 2. The summed E-state index contributed by atoms with van der Waals surface area (Å²) in [5.74, 6) is -0.580. The molecule has 11 heteroatoms. The third-order valence-corrected chi connectivity index (χ3v) is 7.22. The second-order valence-corrected chi connectivity index (χ2v) is 10.3. The topological polar surface area (TPSA) is 118 Å². The number of nitrogens with zero attached hydrogens (tertiary/aromatic N) is 2. The predicted octanol–water partition coefficient (Wildman–Crippen LogP) is 1.53. The first kappa shape index (κ1) is 21.8. The van der Waals surface area contributed by atoms with Crippen LogP contribution < -0.4 is 15.4 Å². The van der Waals surface area contributed by atoms with Crippen LogP contribution in [0.15, 0.2) is 18.3 Å². The minimum Gasteiger partial charge on any atom is -0.474 e. The summed E-state index contributed by atoms with van der Waals surface area (Å²) in [4.78, 5) is 28.1. The van der Waals surface area contributed by atoms with Crippen molar-refractivity contribution >= 4 is 33.6 Å². The van der Waals surface area contributed by atoms with Gasteiger partial charge in [-0.2, -0.15) is 0 Å². The van der Waals surface area contributed by atoms with Gasteiger partial charge < -0.3 is 10.1 Å². The fourth-order valence-electron chi connectivity index (χ4n) is 3.76. The Balaban J connectivity index is 1.63. The van der Waals surface area contributed by atoms with Crippen LogP contribution in [0.1, 0.15) is 33.1 Å². The lowest BCUT2D eigenvalue weighted by Crippen LogP contribution is -2.56. The van der Waals surface area contributed by atoms with Crippen molar-refractivity contribution in [2.45, 2.75) is 44.8 Å². The van der Waals surface area contributed by atoms with E-state index in [-0.39, 0.29) is 31.5 Å². The number of pyridine rings is 1. The molecule has 29 heavy (non-hydrogen) atoms. The summed E-state index contributed by atoms with van der Waals surface area (Å²) in [7, 11) is -3.76. The van der Waals surface area contributed by atoms with Crippen molar-refractivity contribution < 1.29 is 22.7 Å². The maximum atomic E-state index is 13.0. The zero-order valence-electron chi connectivity index (χ0n) is 16.4. The SMILES string of the molecule is CC(C)CC1(CS(=O)(=O)N2CCC(Oc3ccc(Cl)cn3)CC2)NC(=O)NC1=O. The van der Waals surface area contributed by atoms with Gasteiger partial charge in [-0.1, -0.05) is 25.4 Å². The predicted molar refractivity (Wildman–Crippen MR) is 107 cm³/mol. The number of hydrogen-bond donors (Lipinski definition) is 2. The van der Waals surface area contributed by atoms with Crippen LogP contribution in [0.4, 0.5) is 4.79 Å².